The van der Waals surface area contributed by atoms with Crippen LogP contribution in [0.3, 0.4) is 0 Å². The molecule has 0 atom stereocenters. The van der Waals surface area contributed by atoms with Crippen LogP contribution in [0.4, 0.5) is 0 Å². The highest BCUT2D eigenvalue weighted by atomic mass is 32.2. The Morgan fingerprint density at radius 2 is 1.48 bits per heavy atom. The second-order valence-electron chi connectivity index (χ2n) is 7.06. The molecular weight excluding hydrogens is 434 g/mol. The van der Waals surface area contributed by atoms with E-state index < -0.39 is 20.0 Å². The standard InChI is InChI=1S/C18H23N3O5S3/c22-28(23,20-9-1-2-10-20)16-6-7-17(19-13-16)27-14-15-5-8-18(26-15)29(24,25)21-11-3-4-12-21/h5-8,13H,1-4,9-12,14H2. The van der Waals surface area contributed by atoms with E-state index in [1.54, 1.807) is 18.2 Å². The Bertz CT molecular complexity index is 1050. The molecule has 11 heteroatoms. The maximum atomic E-state index is 12.5. The van der Waals surface area contributed by atoms with E-state index in [0.29, 0.717) is 42.7 Å². The number of pyridine rings is 1. The van der Waals surface area contributed by atoms with Gasteiger partial charge in [-0.05, 0) is 49.9 Å². The summed E-state index contributed by atoms with van der Waals surface area (Å²) < 4.78 is 58.6. The van der Waals surface area contributed by atoms with Crippen molar-refractivity contribution in [3.63, 3.8) is 0 Å². The van der Waals surface area contributed by atoms with Gasteiger partial charge in [0, 0.05) is 32.4 Å². The summed E-state index contributed by atoms with van der Waals surface area (Å²) in [5.74, 6) is 0.934. The van der Waals surface area contributed by atoms with Crippen molar-refractivity contribution < 1.29 is 21.3 Å². The fourth-order valence-electron chi connectivity index (χ4n) is 3.46. The normalized spacial score (nSPS) is 19.2. The first-order valence-electron chi connectivity index (χ1n) is 9.55. The Kier molecular flexibility index (Phi) is 6.03. The molecular formula is C18H23N3O5S3. The summed E-state index contributed by atoms with van der Waals surface area (Å²) >= 11 is 1.36. The van der Waals surface area contributed by atoms with Crippen LogP contribution in [-0.2, 0) is 25.8 Å². The van der Waals surface area contributed by atoms with Crippen LogP contribution in [0.15, 0.2) is 49.9 Å². The van der Waals surface area contributed by atoms with Gasteiger partial charge in [0.1, 0.15) is 10.7 Å². The van der Waals surface area contributed by atoms with E-state index in [1.807, 2.05) is 0 Å². The van der Waals surface area contributed by atoms with Crippen LogP contribution in [0.25, 0.3) is 0 Å². The van der Waals surface area contributed by atoms with Gasteiger partial charge in [0.25, 0.3) is 10.0 Å². The topological polar surface area (TPSA) is 101 Å². The number of hydrogen-bond donors (Lipinski definition) is 0. The van der Waals surface area contributed by atoms with Crippen LogP contribution in [0, 0.1) is 0 Å². The maximum Gasteiger partial charge on any atom is 0.276 e. The molecule has 2 aliphatic rings. The number of aromatic nitrogens is 1. The van der Waals surface area contributed by atoms with E-state index in [4.69, 9.17) is 4.42 Å². The quantitative estimate of drug-likeness (QED) is 0.589. The zero-order chi connectivity index (χ0) is 20.5. The molecule has 2 fully saturated rings. The van der Waals surface area contributed by atoms with E-state index in [9.17, 15) is 16.8 Å². The van der Waals surface area contributed by atoms with Crippen LogP contribution >= 0.6 is 11.8 Å². The maximum absolute atomic E-state index is 12.5. The second-order valence-corrected chi connectivity index (χ2v) is 11.9. The van der Waals surface area contributed by atoms with Crippen molar-refractivity contribution >= 4 is 31.8 Å². The molecule has 0 aromatic carbocycles. The van der Waals surface area contributed by atoms with Crippen molar-refractivity contribution in [3.8, 4) is 0 Å². The third-order valence-electron chi connectivity index (χ3n) is 5.07. The molecule has 0 spiro atoms. The Labute approximate surface area is 175 Å². The minimum absolute atomic E-state index is 0.0324. The second kappa shape index (κ2) is 8.38. The minimum Gasteiger partial charge on any atom is -0.447 e. The molecule has 0 aliphatic carbocycles. The molecule has 2 aliphatic heterocycles. The van der Waals surface area contributed by atoms with Crippen molar-refractivity contribution in [3.05, 3.63) is 36.2 Å². The molecule has 0 unspecified atom stereocenters. The molecule has 0 amide bonds. The zero-order valence-electron chi connectivity index (χ0n) is 15.9. The van der Waals surface area contributed by atoms with Crippen LogP contribution in [0.1, 0.15) is 31.4 Å². The van der Waals surface area contributed by atoms with Gasteiger partial charge >= 0.3 is 0 Å². The highest BCUT2D eigenvalue weighted by Crippen LogP contribution is 2.27. The Morgan fingerprint density at radius 1 is 0.862 bits per heavy atom. The number of nitrogens with zero attached hydrogens (tertiary/aromatic N) is 3. The van der Waals surface area contributed by atoms with Crippen LogP contribution in [0.5, 0.6) is 0 Å². The Morgan fingerprint density at radius 3 is 2.07 bits per heavy atom. The van der Waals surface area contributed by atoms with Crippen LogP contribution < -0.4 is 0 Å². The van der Waals surface area contributed by atoms with Crippen molar-refractivity contribution in [2.45, 2.75) is 46.4 Å². The lowest BCUT2D eigenvalue weighted by Gasteiger charge is -2.15. The van der Waals surface area contributed by atoms with Gasteiger partial charge < -0.3 is 4.42 Å². The molecule has 2 aromatic rings. The number of sulfonamides is 2. The van der Waals surface area contributed by atoms with E-state index >= 15 is 0 Å². The lowest BCUT2D eigenvalue weighted by atomic mass is 10.4. The summed E-state index contributed by atoms with van der Waals surface area (Å²) in [6, 6.07) is 6.37. The van der Waals surface area contributed by atoms with Crippen LogP contribution in [0.2, 0.25) is 0 Å². The molecule has 4 rings (SSSR count). The first-order chi connectivity index (χ1) is 13.9. The highest BCUT2D eigenvalue weighted by Gasteiger charge is 2.30. The van der Waals surface area contributed by atoms with Crippen molar-refractivity contribution in [1.29, 1.82) is 0 Å². The van der Waals surface area contributed by atoms with Gasteiger partial charge in [-0.2, -0.15) is 8.61 Å². The molecule has 0 saturated carbocycles. The summed E-state index contributed by atoms with van der Waals surface area (Å²) in [6.45, 7) is 2.17. The predicted octanol–water partition coefficient (Wildman–Crippen LogP) is 2.54. The summed E-state index contributed by atoms with van der Waals surface area (Å²) in [5, 5.41) is 0.612. The largest absolute Gasteiger partial charge is 0.447 e. The lowest BCUT2D eigenvalue weighted by Crippen LogP contribution is -2.27. The van der Waals surface area contributed by atoms with Crippen molar-refractivity contribution in [1.82, 2.24) is 13.6 Å². The zero-order valence-corrected chi connectivity index (χ0v) is 18.3. The number of rotatable bonds is 7. The molecule has 8 nitrogen and oxygen atoms in total. The smallest absolute Gasteiger partial charge is 0.276 e. The average Bonchev–Trinajstić information content (AvgIpc) is 3.49. The molecule has 4 heterocycles. The van der Waals surface area contributed by atoms with Gasteiger partial charge in [-0.25, -0.2) is 21.8 Å². The first-order valence-corrected chi connectivity index (χ1v) is 13.4. The molecule has 0 N–H and O–H groups in total. The SMILES string of the molecule is O=S(=O)(c1ccc(SCc2ccc(S(=O)(=O)N3CCCC3)o2)nc1)N1CCCC1. The third kappa shape index (κ3) is 4.38. The number of furan rings is 1. The Hall–Kier alpha value is -1.40. The fraction of sp³-hybridized carbons (Fsp3) is 0.500. The summed E-state index contributed by atoms with van der Waals surface area (Å²) in [7, 11) is -7.03. The Balaban J connectivity index is 1.39. The third-order valence-corrected chi connectivity index (χ3v) is 9.69. The van der Waals surface area contributed by atoms with Gasteiger partial charge in [0.05, 0.1) is 10.8 Å². The first kappa shape index (κ1) is 20.9. The van der Waals surface area contributed by atoms with E-state index in [2.05, 4.69) is 4.98 Å². The lowest BCUT2D eigenvalue weighted by molar-refractivity contribution is 0.397. The molecule has 0 radical (unpaired) electrons. The number of hydrogen-bond acceptors (Lipinski definition) is 7. The predicted molar refractivity (Wildman–Crippen MR) is 108 cm³/mol. The summed E-state index contributed by atoms with van der Waals surface area (Å²) in [4.78, 5) is 4.43. The minimum atomic E-state index is -3.56. The van der Waals surface area contributed by atoms with Gasteiger partial charge in [-0.3, -0.25) is 0 Å². The average molecular weight is 458 g/mol. The van der Waals surface area contributed by atoms with E-state index in [0.717, 1.165) is 25.7 Å². The van der Waals surface area contributed by atoms with E-state index in [-0.39, 0.29) is 9.99 Å². The summed E-state index contributed by atoms with van der Waals surface area (Å²) in [6.07, 6.45) is 4.90. The molecule has 158 valence electrons. The van der Waals surface area contributed by atoms with Crippen molar-refractivity contribution in [2.75, 3.05) is 26.2 Å². The summed E-state index contributed by atoms with van der Waals surface area (Å²) in [5.41, 5.74) is 0. The van der Waals surface area contributed by atoms with Gasteiger partial charge in [-0.1, -0.05) is 11.8 Å². The number of thioether (sulfide) groups is 1. The highest BCUT2D eigenvalue weighted by molar-refractivity contribution is 7.98. The van der Waals surface area contributed by atoms with E-state index in [1.165, 1.54) is 32.6 Å². The van der Waals surface area contributed by atoms with Gasteiger partial charge in [0.2, 0.25) is 15.1 Å². The monoisotopic (exact) mass is 457 g/mol. The fourth-order valence-corrected chi connectivity index (χ4v) is 7.10. The molecule has 29 heavy (non-hydrogen) atoms. The molecule has 0 bridgehead atoms. The molecule has 2 aromatic heterocycles. The van der Waals surface area contributed by atoms with Gasteiger partial charge in [0.15, 0.2) is 0 Å². The molecule has 2 saturated heterocycles. The van der Waals surface area contributed by atoms with Gasteiger partial charge in [-0.15, -0.1) is 0 Å². The van der Waals surface area contributed by atoms with Crippen molar-refractivity contribution in [2.24, 2.45) is 0 Å². The van der Waals surface area contributed by atoms with Crippen LogP contribution in [-0.4, -0.2) is 56.6 Å².